The molecule has 4 heteroatoms. The molecule has 0 saturated heterocycles. The maximum Gasteiger partial charge on any atom is 0.224 e. The van der Waals surface area contributed by atoms with Gasteiger partial charge in [0, 0.05) is 12.1 Å². The quantitative estimate of drug-likeness (QED) is 0.839. The third-order valence-corrected chi connectivity index (χ3v) is 2.99. The van der Waals surface area contributed by atoms with Crippen LogP contribution >= 0.6 is 0 Å². The number of aryl methyl sites for hydroxylation is 2. The zero-order valence-electron chi connectivity index (χ0n) is 11.3. The fraction of sp³-hybridized carbons (Fsp3) is 0.188. The number of hydrogen-bond donors (Lipinski definition) is 2. The average molecular weight is 272 g/mol. The molecule has 0 heterocycles. The summed E-state index contributed by atoms with van der Waals surface area (Å²) in [4.78, 5) is 11.8. The molecule has 104 valence electrons. The molecule has 2 rings (SSSR count). The Labute approximate surface area is 117 Å². The maximum absolute atomic E-state index is 13.5. The summed E-state index contributed by atoms with van der Waals surface area (Å²) >= 11 is 0. The van der Waals surface area contributed by atoms with Crippen LogP contribution in [0, 0.1) is 12.7 Å². The minimum absolute atomic E-state index is 0.161. The van der Waals surface area contributed by atoms with Gasteiger partial charge in [-0.3, -0.25) is 4.79 Å². The van der Waals surface area contributed by atoms with E-state index in [1.165, 1.54) is 12.1 Å². The highest BCUT2D eigenvalue weighted by molar-refractivity contribution is 5.91. The summed E-state index contributed by atoms with van der Waals surface area (Å²) in [5.41, 5.74) is 8.20. The Morgan fingerprint density at radius 3 is 2.75 bits per heavy atom. The van der Waals surface area contributed by atoms with Crippen LogP contribution in [0.2, 0.25) is 0 Å². The van der Waals surface area contributed by atoms with Gasteiger partial charge in [0.15, 0.2) is 0 Å². The smallest absolute Gasteiger partial charge is 0.224 e. The highest BCUT2D eigenvalue weighted by atomic mass is 19.1. The number of benzene rings is 2. The molecule has 0 aliphatic rings. The van der Waals surface area contributed by atoms with Crippen LogP contribution in [-0.2, 0) is 11.2 Å². The summed E-state index contributed by atoms with van der Waals surface area (Å²) < 4.78 is 13.5. The molecule has 0 atom stereocenters. The number of halogens is 1. The molecule has 3 nitrogen and oxygen atoms in total. The van der Waals surface area contributed by atoms with Gasteiger partial charge in [0.1, 0.15) is 5.82 Å². The predicted molar refractivity (Wildman–Crippen MR) is 78.9 cm³/mol. The standard InChI is InChI=1S/C16H17FN2O/c1-11-3-2-4-12(9-11)5-8-16(20)19-15-7-6-13(18)10-14(15)17/h2-4,6-7,9-10H,5,8,18H2,1H3,(H,19,20). The molecule has 1 amide bonds. The Bertz CT molecular complexity index is 626. The van der Waals surface area contributed by atoms with Gasteiger partial charge in [0.2, 0.25) is 5.91 Å². The number of anilines is 2. The fourth-order valence-corrected chi connectivity index (χ4v) is 1.97. The highest BCUT2D eigenvalue weighted by Gasteiger charge is 2.07. The SMILES string of the molecule is Cc1cccc(CCC(=O)Nc2ccc(N)cc2F)c1. The lowest BCUT2D eigenvalue weighted by Gasteiger charge is -2.07. The summed E-state index contributed by atoms with van der Waals surface area (Å²) in [7, 11) is 0. The van der Waals surface area contributed by atoms with Crippen molar-refractivity contribution < 1.29 is 9.18 Å². The maximum atomic E-state index is 13.5. The number of nitrogen functional groups attached to an aromatic ring is 1. The molecule has 0 fully saturated rings. The Kier molecular flexibility index (Phi) is 4.35. The van der Waals surface area contributed by atoms with E-state index in [1.807, 2.05) is 31.2 Å². The Morgan fingerprint density at radius 2 is 2.05 bits per heavy atom. The van der Waals surface area contributed by atoms with Crippen LogP contribution in [0.1, 0.15) is 17.5 Å². The number of nitrogens with two attached hydrogens (primary N) is 1. The molecule has 0 spiro atoms. The van der Waals surface area contributed by atoms with Gasteiger partial charge in [-0.15, -0.1) is 0 Å². The van der Waals surface area contributed by atoms with E-state index in [0.717, 1.165) is 11.1 Å². The van der Waals surface area contributed by atoms with Crippen molar-refractivity contribution in [3.63, 3.8) is 0 Å². The zero-order chi connectivity index (χ0) is 14.5. The van der Waals surface area contributed by atoms with Crippen molar-refractivity contribution in [1.29, 1.82) is 0 Å². The number of hydrogen-bond acceptors (Lipinski definition) is 2. The van der Waals surface area contributed by atoms with Crippen molar-refractivity contribution >= 4 is 17.3 Å². The fourth-order valence-electron chi connectivity index (χ4n) is 1.97. The molecule has 0 saturated carbocycles. The predicted octanol–water partition coefficient (Wildman–Crippen LogP) is 3.29. The summed E-state index contributed by atoms with van der Waals surface area (Å²) in [6.07, 6.45) is 0.942. The van der Waals surface area contributed by atoms with E-state index in [2.05, 4.69) is 5.32 Å². The molecular formula is C16H17FN2O. The van der Waals surface area contributed by atoms with Crippen molar-refractivity contribution in [1.82, 2.24) is 0 Å². The molecule has 0 aliphatic carbocycles. The van der Waals surface area contributed by atoms with Crippen molar-refractivity contribution in [2.24, 2.45) is 0 Å². The first-order chi connectivity index (χ1) is 9.54. The number of nitrogens with one attached hydrogen (secondary N) is 1. The van der Waals surface area contributed by atoms with Gasteiger partial charge in [-0.2, -0.15) is 0 Å². The minimum atomic E-state index is -0.520. The summed E-state index contributed by atoms with van der Waals surface area (Å²) in [6.45, 7) is 2.01. The van der Waals surface area contributed by atoms with E-state index in [9.17, 15) is 9.18 Å². The molecule has 0 unspecified atom stereocenters. The van der Waals surface area contributed by atoms with E-state index in [-0.39, 0.29) is 11.6 Å². The second-order valence-electron chi connectivity index (χ2n) is 4.78. The van der Waals surface area contributed by atoms with Gasteiger partial charge in [-0.1, -0.05) is 29.8 Å². The average Bonchev–Trinajstić information content (AvgIpc) is 2.40. The Balaban J connectivity index is 1.92. The Hall–Kier alpha value is -2.36. The van der Waals surface area contributed by atoms with Gasteiger partial charge >= 0.3 is 0 Å². The molecule has 20 heavy (non-hydrogen) atoms. The topological polar surface area (TPSA) is 55.1 Å². The largest absolute Gasteiger partial charge is 0.399 e. The molecule has 0 aliphatic heterocycles. The molecule has 3 N–H and O–H groups in total. The van der Waals surface area contributed by atoms with Crippen LogP contribution in [0.5, 0.6) is 0 Å². The van der Waals surface area contributed by atoms with E-state index >= 15 is 0 Å². The first-order valence-corrected chi connectivity index (χ1v) is 6.45. The van der Waals surface area contributed by atoms with Crippen LogP contribution < -0.4 is 11.1 Å². The van der Waals surface area contributed by atoms with Gasteiger partial charge < -0.3 is 11.1 Å². The van der Waals surface area contributed by atoms with Gasteiger partial charge in [-0.25, -0.2) is 4.39 Å². The monoisotopic (exact) mass is 272 g/mol. The first-order valence-electron chi connectivity index (χ1n) is 6.45. The molecule has 2 aromatic rings. The molecular weight excluding hydrogens is 255 g/mol. The summed E-state index contributed by atoms with van der Waals surface area (Å²) in [5, 5.41) is 2.55. The van der Waals surface area contributed by atoms with E-state index in [1.54, 1.807) is 6.07 Å². The van der Waals surface area contributed by atoms with Crippen molar-refractivity contribution in [3.05, 3.63) is 59.4 Å². The number of carbonyl (C=O) groups is 1. The summed E-state index contributed by atoms with van der Waals surface area (Å²) in [5.74, 6) is -0.732. The van der Waals surface area contributed by atoms with Gasteiger partial charge in [-0.05, 0) is 37.1 Å². The van der Waals surface area contributed by atoms with E-state index in [0.29, 0.717) is 18.5 Å². The van der Waals surface area contributed by atoms with Crippen molar-refractivity contribution in [2.45, 2.75) is 19.8 Å². The second kappa shape index (κ2) is 6.19. The lowest BCUT2D eigenvalue weighted by atomic mass is 10.1. The normalized spacial score (nSPS) is 10.3. The summed E-state index contributed by atoms with van der Waals surface area (Å²) in [6, 6.07) is 12.2. The number of carbonyl (C=O) groups excluding carboxylic acids is 1. The molecule has 0 aromatic heterocycles. The van der Waals surface area contributed by atoms with Crippen LogP contribution in [0.3, 0.4) is 0 Å². The minimum Gasteiger partial charge on any atom is -0.399 e. The highest BCUT2D eigenvalue weighted by Crippen LogP contribution is 2.17. The first kappa shape index (κ1) is 14.1. The third kappa shape index (κ3) is 3.82. The van der Waals surface area contributed by atoms with Crippen molar-refractivity contribution in [2.75, 3.05) is 11.1 Å². The molecule has 2 aromatic carbocycles. The van der Waals surface area contributed by atoms with Crippen LogP contribution in [0.25, 0.3) is 0 Å². The van der Waals surface area contributed by atoms with Crippen LogP contribution in [0.15, 0.2) is 42.5 Å². The van der Waals surface area contributed by atoms with Crippen LogP contribution in [0.4, 0.5) is 15.8 Å². The van der Waals surface area contributed by atoms with Gasteiger partial charge in [0.05, 0.1) is 5.69 Å². The second-order valence-corrected chi connectivity index (χ2v) is 4.78. The zero-order valence-corrected chi connectivity index (χ0v) is 11.3. The lowest BCUT2D eigenvalue weighted by Crippen LogP contribution is -2.13. The third-order valence-electron chi connectivity index (χ3n) is 2.99. The number of rotatable bonds is 4. The molecule has 0 bridgehead atoms. The lowest BCUT2D eigenvalue weighted by molar-refractivity contribution is -0.116. The van der Waals surface area contributed by atoms with Gasteiger partial charge in [0.25, 0.3) is 0 Å². The molecule has 0 radical (unpaired) electrons. The number of amides is 1. The van der Waals surface area contributed by atoms with E-state index in [4.69, 9.17) is 5.73 Å². The Morgan fingerprint density at radius 1 is 1.25 bits per heavy atom. The van der Waals surface area contributed by atoms with E-state index < -0.39 is 5.82 Å². The van der Waals surface area contributed by atoms with Crippen molar-refractivity contribution in [3.8, 4) is 0 Å². The van der Waals surface area contributed by atoms with Crippen LogP contribution in [-0.4, -0.2) is 5.91 Å².